The molecule has 2 radical (unpaired) electrons. The van der Waals surface area contributed by atoms with Crippen LogP contribution < -0.4 is 10.8 Å². The van der Waals surface area contributed by atoms with Crippen LogP contribution in [0.4, 0.5) is 0 Å². The first-order chi connectivity index (χ1) is 6.36. The van der Waals surface area contributed by atoms with Crippen LogP contribution in [-0.4, -0.2) is 20.9 Å². The fourth-order valence-electron chi connectivity index (χ4n) is 1.58. The third kappa shape index (κ3) is 2.01. The van der Waals surface area contributed by atoms with E-state index in [2.05, 4.69) is 23.5 Å². The Labute approximate surface area is 80.3 Å². The zero-order valence-electron chi connectivity index (χ0n) is 7.59. The summed E-state index contributed by atoms with van der Waals surface area (Å²) in [6.07, 6.45) is 3.36. The van der Waals surface area contributed by atoms with Crippen molar-refractivity contribution in [3.63, 3.8) is 0 Å². The molecule has 0 unspecified atom stereocenters. The number of hydrogen-bond donors (Lipinski definition) is 1. The fraction of sp³-hybridized carbons (Fsp3) is 0.273. The summed E-state index contributed by atoms with van der Waals surface area (Å²) in [7, 11) is 5.62. The Bertz CT molecular complexity index is 313. The second-order valence-electron chi connectivity index (χ2n) is 3.31. The molecule has 0 bridgehead atoms. The first-order valence-electron chi connectivity index (χ1n) is 4.62. The van der Waals surface area contributed by atoms with E-state index >= 15 is 0 Å². The normalized spacial score (nSPS) is 16.8. The predicted molar refractivity (Wildman–Crippen MR) is 57.3 cm³/mol. The SMILES string of the molecule is [B]c1ccc(C2=CCNCC2)cc1. The maximum absolute atomic E-state index is 5.62. The van der Waals surface area contributed by atoms with Gasteiger partial charge < -0.3 is 5.32 Å². The second-order valence-corrected chi connectivity index (χ2v) is 3.31. The van der Waals surface area contributed by atoms with Crippen LogP contribution in [0.1, 0.15) is 12.0 Å². The summed E-state index contributed by atoms with van der Waals surface area (Å²) in [5.41, 5.74) is 3.56. The van der Waals surface area contributed by atoms with E-state index in [0.29, 0.717) is 0 Å². The quantitative estimate of drug-likeness (QED) is 0.614. The van der Waals surface area contributed by atoms with Gasteiger partial charge in [-0.15, -0.1) is 0 Å². The molecule has 0 fully saturated rings. The molecule has 1 aliphatic heterocycles. The molecule has 1 aromatic rings. The van der Waals surface area contributed by atoms with Crippen molar-refractivity contribution in [2.75, 3.05) is 13.1 Å². The molecule has 0 spiro atoms. The lowest BCUT2D eigenvalue weighted by Crippen LogP contribution is -2.20. The van der Waals surface area contributed by atoms with E-state index in [9.17, 15) is 0 Å². The summed E-state index contributed by atoms with van der Waals surface area (Å²) in [5, 5.41) is 3.29. The van der Waals surface area contributed by atoms with Crippen molar-refractivity contribution < 1.29 is 0 Å². The first kappa shape index (κ1) is 8.58. The van der Waals surface area contributed by atoms with Crippen LogP contribution in [-0.2, 0) is 0 Å². The molecular weight excluding hydrogens is 157 g/mol. The van der Waals surface area contributed by atoms with Crippen molar-refractivity contribution >= 4 is 18.9 Å². The van der Waals surface area contributed by atoms with Crippen LogP contribution in [0.3, 0.4) is 0 Å². The molecule has 0 aliphatic carbocycles. The Hall–Kier alpha value is -1.02. The van der Waals surface area contributed by atoms with Gasteiger partial charge in [-0.2, -0.15) is 0 Å². The number of nitrogens with one attached hydrogen (secondary N) is 1. The van der Waals surface area contributed by atoms with Crippen LogP contribution in [0.15, 0.2) is 30.3 Å². The number of rotatable bonds is 1. The minimum Gasteiger partial charge on any atom is -0.313 e. The zero-order chi connectivity index (χ0) is 9.10. The Morgan fingerprint density at radius 2 is 1.92 bits per heavy atom. The molecule has 0 saturated heterocycles. The minimum atomic E-state index is 0.832. The highest BCUT2D eigenvalue weighted by Crippen LogP contribution is 2.17. The fourth-order valence-corrected chi connectivity index (χ4v) is 1.58. The van der Waals surface area contributed by atoms with Gasteiger partial charge in [0, 0.05) is 6.54 Å². The molecule has 1 aliphatic rings. The van der Waals surface area contributed by atoms with E-state index in [1.807, 2.05) is 12.1 Å². The summed E-state index contributed by atoms with van der Waals surface area (Å²) in [4.78, 5) is 0. The largest absolute Gasteiger partial charge is 0.313 e. The maximum Gasteiger partial charge on any atom is 0.113 e. The third-order valence-electron chi connectivity index (χ3n) is 2.35. The molecule has 1 aromatic carbocycles. The average molecular weight is 169 g/mol. The molecule has 2 rings (SSSR count). The van der Waals surface area contributed by atoms with Crippen molar-refractivity contribution in [2.45, 2.75) is 6.42 Å². The van der Waals surface area contributed by atoms with E-state index in [1.165, 1.54) is 11.1 Å². The summed E-state index contributed by atoms with van der Waals surface area (Å²) < 4.78 is 0. The topological polar surface area (TPSA) is 12.0 Å². The molecule has 0 saturated carbocycles. The van der Waals surface area contributed by atoms with Crippen molar-refractivity contribution in [1.82, 2.24) is 5.32 Å². The van der Waals surface area contributed by atoms with Gasteiger partial charge in [-0.25, -0.2) is 0 Å². The van der Waals surface area contributed by atoms with E-state index in [4.69, 9.17) is 7.85 Å². The lowest BCUT2D eigenvalue weighted by atomic mass is 9.92. The molecule has 1 N–H and O–H groups in total. The van der Waals surface area contributed by atoms with E-state index in [1.54, 1.807) is 0 Å². The summed E-state index contributed by atoms with van der Waals surface area (Å²) in [6, 6.07) is 8.09. The predicted octanol–water partition coefficient (Wildman–Crippen LogP) is 0.857. The number of hydrogen-bond acceptors (Lipinski definition) is 1. The highest BCUT2D eigenvalue weighted by atomic mass is 14.8. The molecule has 1 nitrogen and oxygen atoms in total. The maximum atomic E-state index is 5.62. The summed E-state index contributed by atoms with van der Waals surface area (Å²) >= 11 is 0. The molecule has 0 atom stereocenters. The zero-order valence-corrected chi connectivity index (χ0v) is 7.59. The Balaban J connectivity index is 2.24. The highest BCUT2D eigenvalue weighted by molar-refractivity contribution is 6.32. The molecule has 64 valence electrons. The van der Waals surface area contributed by atoms with E-state index in [0.717, 1.165) is 25.0 Å². The minimum absolute atomic E-state index is 0.832. The van der Waals surface area contributed by atoms with Gasteiger partial charge in [-0.1, -0.05) is 35.8 Å². The standard InChI is InChI=1S/C11H12BN/c12-11-3-1-9(2-4-11)10-5-7-13-8-6-10/h1-5,13H,6-8H2. The van der Waals surface area contributed by atoms with Crippen LogP contribution in [0, 0.1) is 0 Å². The van der Waals surface area contributed by atoms with Gasteiger partial charge in [0.25, 0.3) is 0 Å². The Kier molecular flexibility index (Phi) is 2.50. The summed E-state index contributed by atoms with van der Waals surface area (Å²) in [5.74, 6) is 0. The lowest BCUT2D eigenvalue weighted by Gasteiger charge is -2.14. The van der Waals surface area contributed by atoms with Gasteiger partial charge in [0.1, 0.15) is 7.85 Å². The molecule has 13 heavy (non-hydrogen) atoms. The Morgan fingerprint density at radius 1 is 1.15 bits per heavy atom. The number of benzene rings is 1. The van der Waals surface area contributed by atoms with Gasteiger partial charge in [0.05, 0.1) is 0 Å². The van der Waals surface area contributed by atoms with Gasteiger partial charge in [-0.3, -0.25) is 0 Å². The highest BCUT2D eigenvalue weighted by Gasteiger charge is 2.04. The first-order valence-corrected chi connectivity index (χ1v) is 4.62. The van der Waals surface area contributed by atoms with E-state index < -0.39 is 0 Å². The monoisotopic (exact) mass is 169 g/mol. The van der Waals surface area contributed by atoms with Crippen molar-refractivity contribution in [2.24, 2.45) is 0 Å². The lowest BCUT2D eigenvalue weighted by molar-refractivity contribution is 0.738. The van der Waals surface area contributed by atoms with Crippen LogP contribution in [0.25, 0.3) is 5.57 Å². The van der Waals surface area contributed by atoms with Gasteiger partial charge in [-0.05, 0) is 24.1 Å². The average Bonchev–Trinajstić information content (AvgIpc) is 2.20. The third-order valence-corrected chi connectivity index (χ3v) is 2.35. The van der Waals surface area contributed by atoms with Gasteiger partial charge >= 0.3 is 0 Å². The smallest absolute Gasteiger partial charge is 0.113 e. The van der Waals surface area contributed by atoms with Crippen LogP contribution in [0.2, 0.25) is 0 Å². The second kappa shape index (κ2) is 3.80. The summed E-state index contributed by atoms with van der Waals surface area (Å²) in [6.45, 7) is 2.07. The van der Waals surface area contributed by atoms with Crippen LogP contribution in [0.5, 0.6) is 0 Å². The van der Waals surface area contributed by atoms with Crippen molar-refractivity contribution in [1.29, 1.82) is 0 Å². The molecule has 0 aromatic heterocycles. The van der Waals surface area contributed by atoms with Crippen molar-refractivity contribution in [3.8, 4) is 0 Å². The van der Waals surface area contributed by atoms with Crippen LogP contribution >= 0.6 is 0 Å². The van der Waals surface area contributed by atoms with E-state index in [-0.39, 0.29) is 0 Å². The van der Waals surface area contributed by atoms with Gasteiger partial charge in [0.15, 0.2) is 0 Å². The molecular formula is C11H12BN. The molecule has 0 amide bonds. The molecule has 1 heterocycles. The molecule has 2 heteroatoms. The Morgan fingerprint density at radius 3 is 2.54 bits per heavy atom. The van der Waals surface area contributed by atoms with Crippen molar-refractivity contribution in [3.05, 3.63) is 35.9 Å². The van der Waals surface area contributed by atoms with Gasteiger partial charge in [0.2, 0.25) is 0 Å².